The number of carbonyl (C=O) groups is 2. The van der Waals surface area contributed by atoms with Crippen molar-refractivity contribution in [1.29, 1.82) is 0 Å². The van der Waals surface area contributed by atoms with Gasteiger partial charge in [-0.2, -0.15) is 0 Å². The van der Waals surface area contributed by atoms with Gasteiger partial charge in [-0.25, -0.2) is 8.78 Å². The van der Waals surface area contributed by atoms with Gasteiger partial charge in [-0.15, -0.1) is 0 Å². The molecule has 1 atom stereocenters. The van der Waals surface area contributed by atoms with Crippen molar-refractivity contribution in [2.75, 3.05) is 37.0 Å². The Hall–Kier alpha value is -2.96. The monoisotopic (exact) mass is 401 g/mol. The average Bonchev–Trinajstić information content (AvgIpc) is 3.06. The molecule has 154 valence electrons. The van der Waals surface area contributed by atoms with Gasteiger partial charge in [-0.3, -0.25) is 9.59 Å². The van der Waals surface area contributed by atoms with Crippen molar-refractivity contribution in [2.24, 2.45) is 5.92 Å². The van der Waals surface area contributed by atoms with Crippen LogP contribution in [0.4, 0.5) is 20.2 Å². The Labute approximate surface area is 169 Å². The van der Waals surface area contributed by atoms with Gasteiger partial charge in [0, 0.05) is 51.0 Å². The number of amides is 2. The van der Waals surface area contributed by atoms with Crippen LogP contribution in [0.25, 0.3) is 0 Å². The average molecular weight is 401 g/mol. The molecule has 5 nitrogen and oxygen atoms in total. The number of hydrogen-bond donors (Lipinski definition) is 1. The van der Waals surface area contributed by atoms with Crippen LogP contribution in [0.3, 0.4) is 0 Å². The SMILES string of the molecule is CN(C)c1ccc(CCCNC(=O)C2CC(=O)N(c3cc(F)cc(F)c3)C2)cc1. The van der Waals surface area contributed by atoms with E-state index in [1.807, 2.05) is 19.0 Å². The fraction of sp³-hybridized carbons (Fsp3) is 0.364. The molecule has 1 heterocycles. The van der Waals surface area contributed by atoms with E-state index in [-0.39, 0.29) is 30.5 Å². The highest BCUT2D eigenvalue weighted by Crippen LogP contribution is 2.26. The third-order valence-electron chi connectivity index (χ3n) is 5.05. The van der Waals surface area contributed by atoms with Crippen LogP contribution in [-0.4, -0.2) is 39.0 Å². The highest BCUT2D eigenvalue weighted by molar-refractivity contribution is 6.00. The van der Waals surface area contributed by atoms with E-state index in [1.165, 1.54) is 10.5 Å². The van der Waals surface area contributed by atoms with Gasteiger partial charge in [-0.05, 0) is 42.7 Å². The van der Waals surface area contributed by atoms with Gasteiger partial charge in [0.25, 0.3) is 0 Å². The number of rotatable bonds is 7. The Balaban J connectivity index is 1.47. The Morgan fingerprint density at radius 2 is 1.79 bits per heavy atom. The zero-order valence-electron chi connectivity index (χ0n) is 16.6. The molecular formula is C22H25F2N3O2. The van der Waals surface area contributed by atoms with Crippen LogP contribution in [0.5, 0.6) is 0 Å². The van der Waals surface area contributed by atoms with E-state index in [1.54, 1.807) is 0 Å². The molecule has 0 bridgehead atoms. The maximum Gasteiger partial charge on any atom is 0.227 e. The topological polar surface area (TPSA) is 52.7 Å². The van der Waals surface area contributed by atoms with E-state index in [9.17, 15) is 18.4 Å². The summed E-state index contributed by atoms with van der Waals surface area (Å²) in [6.07, 6.45) is 1.66. The summed E-state index contributed by atoms with van der Waals surface area (Å²) in [7, 11) is 3.98. The van der Waals surface area contributed by atoms with E-state index in [0.29, 0.717) is 6.54 Å². The van der Waals surface area contributed by atoms with Crippen LogP contribution >= 0.6 is 0 Å². The molecule has 1 aliphatic rings. The second-order valence-corrected chi connectivity index (χ2v) is 7.49. The minimum Gasteiger partial charge on any atom is -0.378 e. The summed E-state index contributed by atoms with van der Waals surface area (Å²) in [6.45, 7) is 0.632. The Bertz CT molecular complexity index is 864. The van der Waals surface area contributed by atoms with Crippen LogP contribution in [-0.2, 0) is 16.0 Å². The first-order chi connectivity index (χ1) is 13.8. The fourth-order valence-electron chi connectivity index (χ4n) is 3.44. The van der Waals surface area contributed by atoms with Crippen molar-refractivity contribution in [3.8, 4) is 0 Å². The lowest BCUT2D eigenvalue weighted by Crippen LogP contribution is -2.33. The minimum atomic E-state index is -0.751. The van der Waals surface area contributed by atoms with Crippen molar-refractivity contribution in [3.05, 3.63) is 59.7 Å². The van der Waals surface area contributed by atoms with Gasteiger partial charge >= 0.3 is 0 Å². The molecule has 7 heteroatoms. The summed E-state index contributed by atoms with van der Waals surface area (Å²) >= 11 is 0. The molecule has 1 unspecified atom stereocenters. The van der Waals surface area contributed by atoms with Crippen LogP contribution in [0.2, 0.25) is 0 Å². The molecule has 29 heavy (non-hydrogen) atoms. The molecule has 1 saturated heterocycles. The summed E-state index contributed by atoms with van der Waals surface area (Å²) in [6, 6.07) is 11.2. The smallest absolute Gasteiger partial charge is 0.227 e. The Morgan fingerprint density at radius 3 is 2.41 bits per heavy atom. The summed E-state index contributed by atoms with van der Waals surface area (Å²) in [5.41, 5.74) is 2.47. The van der Waals surface area contributed by atoms with E-state index in [2.05, 4.69) is 29.6 Å². The van der Waals surface area contributed by atoms with Crippen molar-refractivity contribution in [1.82, 2.24) is 5.32 Å². The van der Waals surface area contributed by atoms with Gasteiger partial charge in [0.2, 0.25) is 11.8 Å². The highest BCUT2D eigenvalue weighted by atomic mass is 19.1. The molecule has 1 N–H and O–H groups in total. The zero-order valence-corrected chi connectivity index (χ0v) is 16.6. The number of nitrogens with zero attached hydrogens (tertiary/aromatic N) is 2. The van der Waals surface area contributed by atoms with E-state index in [4.69, 9.17) is 0 Å². The van der Waals surface area contributed by atoms with Gasteiger partial charge in [-0.1, -0.05) is 12.1 Å². The number of anilines is 2. The molecule has 2 aromatic carbocycles. The predicted octanol–water partition coefficient (Wildman–Crippen LogP) is 3.13. The fourth-order valence-corrected chi connectivity index (χ4v) is 3.44. The maximum atomic E-state index is 13.4. The van der Waals surface area contributed by atoms with Gasteiger partial charge in [0.05, 0.1) is 5.92 Å². The van der Waals surface area contributed by atoms with Gasteiger partial charge in [0.1, 0.15) is 11.6 Å². The van der Waals surface area contributed by atoms with E-state index >= 15 is 0 Å². The normalized spacial score (nSPS) is 16.2. The van der Waals surface area contributed by atoms with Gasteiger partial charge in [0.15, 0.2) is 0 Å². The van der Waals surface area contributed by atoms with E-state index in [0.717, 1.165) is 36.7 Å². The lowest BCUT2D eigenvalue weighted by molar-refractivity contribution is -0.126. The number of aryl methyl sites for hydroxylation is 1. The first-order valence-electron chi connectivity index (χ1n) is 9.64. The number of halogens is 2. The molecule has 0 saturated carbocycles. The summed E-state index contributed by atoms with van der Waals surface area (Å²) in [5.74, 6) is -2.54. The predicted molar refractivity (Wildman–Crippen MR) is 109 cm³/mol. The number of carbonyl (C=O) groups excluding carboxylic acids is 2. The molecule has 1 aliphatic heterocycles. The minimum absolute atomic E-state index is 0.0377. The molecule has 0 aromatic heterocycles. The second kappa shape index (κ2) is 9.03. The Morgan fingerprint density at radius 1 is 1.14 bits per heavy atom. The largest absolute Gasteiger partial charge is 0.378 e. The number of hydrogen-bond acceptors (Lipinski definition) is 3. The van der Waals surface area contributed by atoms with Crippen molar-refractivity contribution in [2.45, 2.75) is 19.3 Å². The maximum absolute atomic E-state index is 13.4. The molecule has 2 aromatic rings. The molecule has 0 radical (unpaired) electrons. The highest BCUT2D eigenvalue weighted by Gasteiger charge is 2.35. The second-order valence-electron chi connectivity index (χ2n) is 7.49. The van der Waals surface area contributed by atoms with Crippen molar-refractivity contribution in [3.63, 3.8) is 0 Å². The molecular weight excluding hydrogens is 376 g/mol. The van der Waals surface area contributed by atoms with Crippen molar-refractivity contribution >= 4 is 23.2 Å². The first kappa shape index (κ1) is 20.8. The summed E-state index contributed by atoms with van der Waals surface area (Å²) in [5, 5.41) is 2.87. The van der Waals surface area contributed by atoms with Crippen LogP contribution < -0.4 is 15.1 Å². The van der Waals surface area contributed by atoms with E-state index < -0.39 is 17.6 Å². The van der Waals surface area contributed by atoms with Crippen LogP contribution in [0, 0.1) is 17.6 Å². The molecule has 0 spiro atoms. The van der Waals surface area contributed by atoms with Crippen LogP contribution in [0.15, 0.2) is 42.5 Å². The first-order valence-corrected chi connectivity index (χ1v) is 9.64. The molecule has 0 aliphatic carbocycles. The lowest BCUT2D eigenvalue weighted by Gasteiger charge is -2.17. The summed E-state index contributed by atoms with van der Waals surface area (Å²) < 4.78 is 26.8. The molecule has 1 fully saturated rings. The quantitative estimate of drug-likeness (QED) is 0.726. The standard InChI is InChI=1S/C22H25F2N3O2/c1-26(2)19-7-5-15(6-8-19)4-3-9-25-22(29)16-10-21(28)27(14-16)20-12-17(23)11-18(24)13-20/h5-8,11-13,16H,3-4,9-10,14H2,1-2H3,(H,25,29). The number of benzene rings is 2. The van der Waals surface area contributed by atoms with Crippen LogP contribution in [0.1, 0.15) is 18.4 Å². The summed E-state index contributed by atoms with van der Waals surface area (Å²) in [4.78, 5) is 27.9. The molecule has 2 amide bonds. The molecule has 3 rings (SSSR count). The third-order valence-corrected chi connectivity index (χ3v) is 5.05. The van der Waals surface area contributed by atoms with Gasteiger partial charge < -0.3 is 15.1 Å². The third kappa shape index (κ3) is 5.31. The zero-order chi connectivity index (χ0) is 21.0. The number of nitrogens with one attached hydrogen (secondary N) is 1. The van der Waals surface area contributed by atoms with Crippen molar-refractivity contribution < 1.29 is 18.4 Å². The Kier molecular flexibility index (Phi) is 6.46. The lowest BCUT2D eigenvalue weighted by atomic mass is 10.1.